The Hall–Kier alpha value is -0.770. The lowest BCUT2D eigenvalue weighted by atomic mass is 10.2. The molecule has 0 saturated carbocycles. The van der Waals surface area contributed by atoms with Gasteiger partial charge in [0.2, 0.25) is 0 Å². The van der Waals surface area contributed by atoms with Crippen molar-refractivity contribution in [1.29, 1.82) is 0 Å². The molecule has 0 bridgehead atoms. The van der Waals surface area contributed by atoms with Crippen molar-refractivity contribution in [2.45, 2.75) is 6.92 Å². The lowest BCUT2D eigenvalue weighted by molar-refractivity contribution is -0.135. The number of carbonyl (C=O) groups is 1. The maximum Gasteiger partial charge on any atom is 0.317 e. The fourth-order valence-electron chi connectivity index (χ4n) is 0.601. The van der Waals surface area contributed by atoms with Crippen molar-refractivity contribution >= 4 is 29.2 Å². The van der Waals surface area contributed by atoms with E-state index in [2.05, 4.69) is 5.73 Å². The minimum atomic E-state index is -0.968. The molecule has 0 fully saturated rings. The molecule has 1 aromatic rings. The SMILES string of the molecule is Cc1ccc(Cl)c(Cl)c1.NCC(=O)O. The van der Waals surface area contributed by atoms with Crippen LogP contribution >= 0.6 is 23.2 Å². The summed E-state index contributed by atoms with van der Waals surface area (Å²) in [6, 6.07) is 5.55. The molecule has 3 N–H and O–H groups in total. The molecule has 0 radical (unpaired) electrons. The lowest BCUT2D eigenvalue weighted by Gasteiger charge is -1.94. The monoisotopic (exact) mass is 235 g/mol. The van der Waals surface area contributed by atoms with E-state index in [-0.39, 0.29) is 6.54 Å². The van der Waals surface area contributed by atoms with Crippen LogP contribution in [0, 0.1) is 6.92 Å². The van der Waals surface area contributed by atoms with Crippen LogP contribution in [0.1, 0.15) is 5.56 Å². The maximum atomic E-state index is 9.24. The van der Waals surface area contributed by atoms with Crippen LogP contribution in [-0.4, -0.2) is 17.6 Å². The lowest BCUT2D eigenvalue weighted by Crippen LogP contribution is -2.10. The maximum absolute atomic E-state index is 9.24. The minimum absolute atomic E-state index is 0.278. The van der Waals surface area contributed by atoms with Gasteiger partial charge in [-0.1, -0.05) is 29.3 Å². The summed E-state index contributed by atoms with van der Waals surface area (Å²) in [5, 5.41) is 8.83. The average Bonchev–Trinajstić information content (AvgIpc) is 2.13. The van der Waals surface area contributed by atoms with Crippen molar-refractivity contribution in [3.05, 3.63) is 33.8 Å². The van der Waals surface area contributed by atoms with E-state index in [4.69, 9.17) is 28.3 Å². The van der Waals surface area contributed by atoms with Gasteiger partial charge in [0, 0.05) is 0 Å². The van der Waals surface area contributed by atoms with Crippen LogP contribution in [0.3, 0.4) is 0 Å². The van der Waals surface area contributed by atoms with Crippen molar-refractivity contribution in [2.24, 2.45) is 5.73 Å². The number of nitrogens with two attached hydrogens (primary N) is 1. The second-order valence-electron chi connectivity index (χ2n) is 2.52. The summed E-state index contributed by atoms with van der Waals surface area (Å²) in [4.78, 5) is 9.24. The average molecular weight is 236 g/mol. The van der Waals surface area contributed by atoms with Crippen LogP contribution in [0.2, 0.25) is 10.0 Å². The zero-order chi connectivity index (χ0) is 11.1. The second-order valence-corrected chi connectivity index (χ2v) is 3.33. The van der Waals surface area contributed by atoms with Crippen molar-refractivity contribution in [1.82, 2.24) is 0 Å². The quantitative estimate of drug-likeness (QED) is 0.786. The summed E-state index contributed by atoms with van der Waals surface area (Å²) in [6.07, 6.45) is 0. The highest BCUT2D eigenvalue weighted by atomic mass is 35.5. The molecule has 0 aliphatic heterocycles. The highest BCUT2D eigenvalue weighted by Crippen LogP contribution is 2.21. The van der Waals surface area contributed by atoms with Crippen LogP contribution in [0.25, 0.3) is 0 Å². The van der Waals surface area contributed by atoms with Gasteiger partial charge in [-0.3, -0.25) is 4.79 Å². The summed E-state index contributed by atoms with van der Waals surface area (Å²) in [5.41, 5.74) is 5.70. The normalized spacial score (nSPS) is 8.86. The van der Waals surface area contributed by atoms with Gasteiger partial charge in [0.05, 0.1) is 16.6 Å². The Morgan fingerprint density at radius 2 is 1.93 bits per heavy atom. The first-order valence-electron chi connectivity index (χ1n) is 3.81. The van der Waals surface area contributed by atoms with E-state index in [0.29, 0.717) is 10.0 Å². The number of carboxylic acid groups (broad SMARTS) is 1. The summed E-state index contributed by atoms with van der Waals surface area (Å²) in [6.45, 7) is 1.70. The van der Waals surface area contributed by atoms with E-state index in [1.54, 1.807) is 6.07 Å². The van der Waals surface area contributed by atoms with Gasteiger partial charge in [-0.05, 0) is 24.6 Å². The van der Waals surface area contributed by atoms with E-state index in [9.17, 15) is 4.79 Å². The fraction of sp³-hybridized carbons (Fsp3) is 0.222. The molecule has 1 rings (SSSR count). The van der Waals surface area contributed by atoms with Gasteiger partial charge in [0.1, 0.15) is 0 Å². The fourth-order valence-corrected chi connectivity index (χ4v) is 0.954. The summed E-state index contributed by atoms with van der Waals surface area (Å²) < 4.78 is 0. The summed E-state index contributed by atoms with van der Waals surface area (Å²) >= 11 is 11.3. The molecule has 0 saturated heterocycles. The molecular weight excluding hydrogens is 225 g/mol. The van der Waals surface area contributed by atoms with Crippen molar-refractivity contribution < 1.29 is 9.90 Å². The molecule has 0 spiro atoms. The van der Waals surface area contributed by atoms with Gasteiger partial charge in [-0.15, -0.1) is 0 Å². The highest BCUT2D eigenvalue weighted by molar-refractivity contribution is 6.41. The van der Waals surface area contributed by atoms with Gasteiger partial charge in [-0.2, -0.15) is 0 Å². The van der Waals surface area contributed by atoms with Crippen LogP contribution in [-0.2, 0) is 4.79 Å². The summed E-state index contributed by atoms with van der Waals surface area (Å²) in [7, 11) is 0. The van der Waals surface area contributed by atoms with Crippen LogP contribution in [0.5, 0.6) is 0 Å². The van der Waals surface area contributed by atoms with Gasteiger partial charge >= 0.3 is 5.97 Å². The molecule has 0 heterocycles. The Morgan fingerprint density at radius 1 is 1.43 bits per heavy atom. The number of aliphatic carboxylic acids is 1. The number of hydrogen-bond acceptors (Lipinski definition) is 2. The molecule has 0 amide bonds. The third-order valence-electron chi connectivity index (χ3n) is 1.25. The Bertz CT molecular complexity index is 316. The molecule has 0 unspecified atom stereocenters. The molecule has 14 heavy (non-hydrogen) atoms. The van der Waals surface area contributed by atoms with Crippen molar-refractivity contribution in [2.75, 3.05) is 6.54 Å². The zero-order valence-electron chi connectivity index (χ0n) is 7.63. The Balaban J connectivity index is 0.000000292. The first-order valence-corrected chi connectivity index (χ1v) is 4.56. The van der Waals surface area contributed by atoms with Gasteiger partial charge in [0.25, 0.3) is 0 Å². The molecule has 1 aromatic carbocycles. The van der Waals surface area contributed by atoms with E-state index >= 15 is 0 Å². The topological polar surface area (TPSA) is 63.3 Å². The predicted molar refractivity (Wildman–Crippen MR) is 57.9 cm³/mol. The van der Waals surface area contributed by atoms with Crippen LogP contribution < -0.4 is 5.73 Å². The molecule has 3 nitrogen and oxygen atoms in total. The van der Waals surface area contributed by atoms with Crippen molar-refractivity contribution in [3.8, 4) is 0 Å². The molecule has 0 aliphatic carbocycles. The van der Waals surface area contributed by atoms with Crippen LogP contribution in [0.15, 0.2) is 18.2 Å². The summed E-state index contributed by atoms with van der Waals surface area (Å²) in [5.74, 6) is -0.968. The minimum Gasteiger partial charge on any atom is -0.480 e. The standard InChI is InChI=1S/C7H6Cl2.C2H5NO2/c1-5-2-3-6(8)7(9)4-5;3-1-2(4)5/h2-4H,1H3;1,3H2,(H,4,5). The first-order chi connectivity index (χ1) is 6.47. The third kappa shape index (κ3) is 5.80. The number of hydrogen-bond donors (Lipinski definition) is 2. The smallest absolute Gasteiger partial charge is 0.317 e. The Morgan fingerprint density at radius 3 is 2.21 bits per heavy atom. The predicted octanol–water partition coefficient (Wildman–Crippen LogP) is 2.33. The number of rotatable bonds is 1. The number of halogens is 2. The van der Waals surface area contributed by atoms with E-state index in [1.807, 2.05) is 19.1 Å². The number of benzene rings is 1. The Labute approximate surface area is 92.4 Å². The first kappa shape index (κ1) is 13.2. The van der Waals surface area contributed by atoms with Gasteiger partial charge in [0.15, 0.2) is 0 Å². The van der Waals surface area contributed by atoms with Gasteiger partial charge < -0.3 is 10.8 Å². The second kappa shape index (κ2) is 6.65. The van der Waals surface area contributed by atoms with Crippen LogP contribution in [0.4, 0.5) is 0 Å². The molecular formula is C9H11Cl2NO2. The molecule has 0 aliphatic rings. The largest absolute Gasteiger partial charge is 0.480 e. The molecule has 5 heteroatoms. The van der Waals surface area contributed by atoms with Gasteiger partial charge in [-0.25, -0.2) is 0 Å². The molecule has 0 atom stereocenters. The molecule has 0 aromatic heterocycles. The van der Waals surface area contributed by atoms with E-state index in [0.717, 1.165) is 5.56 Å². The van der Waals surface area contributed by atoms with E-state index in [1.165, 1.54) is 0 Å². The molecule has 78 valence electrons. The van der Waals surface area contributed by atoms with Crippen molar-refractivity contribution in [3.63, 3.8) is 0 Å². The number of aryl methyl sites for hydroxylation is 1. The van der Waals surface area contributed by atoms with E-state index < -0.39 is 5.97 Å². The Kier molecular flexibility index (Phi) is 6.28. The zero-order valence-corrected chi connectivity index (χ0v) is 9.14. The number of carboxylic acids is 1. The highest BCUT2D eigenvalue weighted by Gasteiger charge is 1.93. The third-order valence-corrected chi connectivity index (χ3v) is 1.99.